The summed E-state index contributed by atoms with van der Waals surface area (Å²) < 4.78 is 86.8. The Balaban J connectivity index is 1.46. The molecule has 1 aromatic heterocycles. The minimum atomic E-state index is -4.86. The Bertz CT molecular complexity index is 1440. The summed E-state index contributed by atoms with van der Waals surface area (Å²) in [5.74, 6) is -4.29. The van der Waals surface area contributed by atoms with Crippen LogP contribution in [0.4, 0.5) is 27.6 Å². The summed E-state index contributed by atoms with van der Waals surface area (Å²) in [5.41, 5.74) is -0.757. The third-order valence-electron chi connectivity index (χ3n) is 9.88. The lowest BCUT2D eigenvalue weighted by Gasteiger charge is -2.40. The van der Waals surface area contributed by atoms with E-state index < -0.39 is 36.1 Å². The van der Waals surface area contributed by atoms with Crippen molar-refractivity contribution in [2.75, 3.05) is 32.2 Å². The van der Waals surface area contributed by atoms with Gasteiger partial charge < -0.3 is 19.1 Å². The number of piperidine rings is 1. The quantitative estimate of drug-likeness (QED) is 0.196. The molecule has 0 unspecified atom stereocenters. The van der Waals surface area contributed by atoms with Crippen molar-refractivity contribution in [3.8, 4) is 11.6 Å². The molecule has 8 nitrogen and oxygen atoms in total. The predicted molar refractivity (Wildman–Crippen MR) is 168 cm³/mol. The van der Waals surface area contributed by atoms with Crippen LogP contribution in [-0.4, -0.2) is 67.1 Å². The maximum atomic E-state index is 14.2. The smallest absolute Gasteiger partial charge is 0.421 e. The van der Waals surface area contributed by atoms with Crippen molar-refractivity contribution in [2.24, 2.45) is 11.8 Å². The van der Waals surface area contributed by atoms with Crippen molar-refractivity contribution >= 4 is 17.6 Å². The average Bonchev–Trinajstić information content (AvgIpc) is 3.05. The molecule has 2 heterocycles. The second-order valence-corrected chi connectivity index (χ2v) is 13.5. The number of alkyl halides is 5. The second kappa shape index (κ2) is 15.1. The van der Waals surface area contributed by atoms with E-state index in [1.165, 1.54) is 36.4 Å². The molecule has 1 aliphatic heterocycles. The van der Waals surface area contributed by atoms with Crippen LogP contribution in [0, 0.1) is 11.8 Å². The molecule has 2 aromatic rings. The van der Waals surface area contributed by atoms with Gasteiger partial charge in [-0.05, 0) is 100 Å². The molecular formula is C35H44F5N3O5. The lowest BCUT2D eigenvalue weighted by atomic mass is 9.81. The largest absolute Gasteiger partial charge is 0.465 e. The molecule has 1 saturated heterocycles. The van der Waals surface area contributed by atoms with Gasteiger partial charge in [-0.15, -0.1) is 0 Å². The van der Waals surface area contributed by atoms with Gasteiger partial charge in [0, 0.05) is 38.2 Å². The lowest BCUT2D eigenvalue weighted by Crippen LogP contribution is -2.47. The SMILES string of the molecule is COC(=O)c1cc(Oc2ncc(CN3CCCC(F)(F)C3)cc2C(F)(F)F)ccc1N(C(=O)[C@H]1CC[C@H](C)CC1)[C@H]1CC[C@H](OC)CC1. The highest BCUT2D eigenvalue weighted by Crippen LogP contribution is 2.41. The number of halogens is 5. The number of esters is 1. The number of hydrogen-bond donors (Lipinski definition) is 0. The molecule has 0 spiro atoms. The molecule has 264 valence electrons. The molecule has 3 fully saturated rings. The average molecular weight is 682 g/mol. The van der Waals surface area contributed by atoms with Crippen LogP contribution in [0.1, 0.15) is 92.6 Å². The summed E-state index contributed by atoms with van der Waals surface area (Å²) in [6, 6.07) is 4.86. The second-order valence-electron chi connectivity index (χ2n) is 13.5. The molecule has 0 N–H and O–H groups in total. The van der Waals surface area contributed by atoms with Crippen LogP contribution in [0.5, 0.6) is 11.6 Å². The number of carbonyl (C=O) groups excluding carboxylic acids is 2. The fraction of sp³-hybridized carbons (Fsp3) is 0.629. The summed E-state index contributed by atoms with van der Waals surface area (Å²) in [5, 5.41) is 0. The zero-order chi connectivity index (χ0) is 34.6. The van der Waals surface area contributed by atoms with Gasteiger partial charge in [-0.25, -0.2) is 18.6 Å². The van der Waals surface area contributed by atoms with E-state index in [2.05, 4.69) is 11.9 Å². The van der Waals surface area contributed by atoms with Crippen LogP contribution >= 0.6 is 0 Å². The van der Waals surface area contributed by atoms with Crippen molar-refractivity contribution in [2.45, 2.75) is 102 Å². The van der Waals surface area contributed by atoms with Gasteiger partial charge in [0.1, 0.15) is 11.3 Å². The number of carbonyl (C=O) groups is 2. The molecule has 0 radical (unpaired) electrons. The Kier molecular flexibility index (Phi) is 11.3. The third kappa shape index (κ3) is 8.63. The maximum Gasteiger partial charge on any atom is 0.421 e. The lowest BCUT2D eigenvalue weighted by molar-refractivity contribution is -0.139. The van der Waals surface area contributed by atoms with E-state index in [0.29, 0.717) is 31.0 Å². The number of benzene rings is 1. The number of anilines is 1. The van der Waals surface area contributed by atoms with E-state index in [0.717, 1.165) is 44.6 Å². The van der Waals surface area contributed by atoms with Gasteiger partial charge in [-0.3, -0.25) is 9.69 Å². The normalized spacial score (nSPS) is 24.9. The van der Waals surface area contributed by atoms with E-state index in [1.807, 2.05) is 0 Å². The van der Waals surface area contributed by atoms with E-state index >= 15 is 0 Å². The molecule has 0 bridgehead atoms. The van der Waals surface area contributed by atoms with Crippen molar-refractivity contribution in [1.82, 2.24) is 9.88 Å². The molecule has 3 aliphatic rings. The summed E-state index contributed by atoms with van der Waals surface area (Å²) in [7, 11) is 2.85. The monoisotopic (exact) mass is 681 g/mol. The number of aromatic nitrogens is 1. The fourth-order valence-electron chi connectivity index (χ4n) is 7.22. The van der Waals surface area contributed by atoms with Gasteiger partial charge in [0.15, 0.2) is 0 Å². The maximum absolute atomic E-state index is 14.2. The van der Waals surface area contributed by atoms with Crippen LogP contribution in [0.25, 0.3) is 0 Å². The molecular weight excluding hydrogens is 637 g/mol. The first kappa shape index (κ1) is 36.0. The molecule has 5 rings (SSSR count). The molecule has 1 aromatic carbocycles. The number of hydrogen-bond acceptors (Lipinski definition) is 7. The fourth-order valence-corrected chi connectivity index (χ4v) is 7.22. The van der Waals surface area contributed by atoms with Crippen molar-refractivity contribution in [3.63, 3.8) is 0 Å². The third-order valence-corrected chi connectivity index (χ3v) is 9.88. The van der Waals surface area contributed by atoms with Crippen molar-refractivity contribution < 1.29 is 45.8 Å². The predicted octanol–water partition coefficient (Wildman–Crippen LogP) is 8.03. The van der Waals surface area contributed by atoms with Crippen LogP contribution < -0.4 is 9.64 Å². The zero-order valence-corrected chi connectivity index (χ0v) is 27.7. The first-order valence-corrected chi connectivity index (χ1v) is 16.7. The molecule has 0 atom stereocenters. The summed E-state index contributed by atoms with van der Waals surface area (Å²) >= 11 is 0. The van der Waals surface area contributed by atoms with E-state index in [-0.39, 0.29) is 60.2 Å². The highest BCUT2D eigenvalue weighted by atomic mass is 19.4. The highest BCUT2D eigenvalue weighted by molar-refractivity contribution is 6.04. The Hall–Kier alpha value is -3.32. The number of pyridine rings is 1. The van der Waals surface area contributed by atoms with Crippen LogP contribution in [-0.2, 0) is 27.0 Å². The van der Waals surface area contributed by atoms with Crippen molar-refractivity contribution in [1.29, 1.82) is 0 Å². The van der Waals surface area contributed by atoms with Crippen LogP contribution in [0.15, 0.2) is 30.5 Å². The van der Waals surface area contributed by atoms with Gasteiger partial charge in [-0.1, -0.05) is 6.92 Å². The molecule has 48 heavy (non-hydrogen) atoms. The number of rotatable bonds is 9. The number of methoxy groups -OCH3 is 2. The first-order chi connectivity index (χ1) is 22.8. The Morgan fingerprint density at radius 1 is 1.02 bits per heavy atom. The first-order valence-electron chi connectivity index (χ1n) is 16.7. The summed E-state index contributed by atoms with van der Waals surface area (Å²) in [4.78, 5) is 34.4. The highest BCUT2D eigenvalue weighted by Gasteiger charge is 2.39. The zero-order valence-electron chi connectivity index (χ0n) is 27.7. The molecule has 1 amide bonds. The van der Waals surface area contributed by atoms with Gasteiger partial charge in [0.05, 0.1) is 31.0 Å². The van der Waals surface area contributed by atoms with Crippen LogP contribution in [0.2, 0.25) is 0 Å². The summed E-state index contributed by atoms with van der Waals surface area (Å²) in [6.07, 6.45) is 2.50. The van der Waals surface area contributed by atoms with Gasteiger partial charge >= 0.3 is 12.1 Å². The van der Waals surface area contributed by atoms with Crippen LogP contribution in [0.3, 0.4) is 0 Å². The number of likely N-dealkylation sites (tertiary alicyclic amines) is 1. The number of ether oxygens (including phenoxy) is 3. The van der Waals surface area contributed by atoms with Gasteiger partial charge in [0.25, 0.3) is 5.92 Å². The van der Waals surface area contributed by atoms with Gasteiger partial charge in [-0.2, -0.15) is 13.2 Å². The minimum Gasteiger partial charge on any atom is -0.465 e. The number of amides is 1. The number of nitrogens with zero attached hydrogens (tertiary/aromatic N) is 3. The van der Waals surface area contributed by atoms with E-state index in [9.17, 15) is 31.5 Å². The molecule has 2 aliphatic carbocycles. The van der Waals surface area contributed by atoms with Gasteiger partial charge in [0.2, 0.25) is 11.8 Å². The summed E-state index contributed by atoms with van der Waals surface area (Å²) in [6.45, 7) is 1.85. The standard InChI is InChI=1S/C35H44F5N3O5/c1-22-5-7-24(8-6-22)32(44)43(25-9-11-26(46-2)12-10-25)30-14-13-27(18-28(30)33(45)47-3)48-31-29(35(38,39)40)17-23(19-41-31)20-42-16-4-15-34(36,37)21-42/h13-14,17-19,22,24-26H,4-12,15-16,20-21H2,1-3H3/t22-,24-,25-,26-. The topological polar surface area (TPSA) is 81.2 Å². The van der Waals surface area contributed by atoms with E-state index in [4.69, 9.17) is 14.2 Å². The minimum absolute atomic E-state index is 0.0161. The Morgan fingerprint density at radius 3 is 2.35 bits per heavy atom. The van der Waals surface area contributed by atoms with E-state index in [1.54, 1.807) is 12.0 Å². The molecule has 13 heteroatoms. The molecule has 2 saturated carbocycles. The van der Waals surface area contributed by atoms with Crippen molar-refractivity contribution in [3.05, 3.63) is 47.2 Å². The Labute approximate surface area is 277 Å². The Morgan fingerprint density at radius 2 is 1.73 bits per heavy atom.